The van der Waals surface area contributed by atoms with Gasteiger partial charge in [0.1, 0.15) is 35.5 Å². The van der Waals surface area contributed by atoms with Crippen LogP contribution in [0.15, 0.2) is 66.7 Å². The van der Waals surface area contributed by atoms with E-state index in [0.29, 0.717) is 36.1 Å². The summed E-state index contributed by atoms with van der Waals surface area (Å²) in [6.45, 7) is 9.67. The summed E-state index contributed by atoms with van der Waals surface area (Å²) in [5.74, 6) is 1.68. The molecule has 1 saturated carbocycles. The van der Waals surface area contributed by atoms with Crippen molar-refractivity contribution in [3.05, 3.63) is 83.4 Å². The first-order valence-corrected chi connectivity index (χ1v) is 19.2. The molecule has 10 heteroatoms. The van der Waals surface area contributed by atoms with E-state index < -0.39 is 17.2 Å². The van der Waals surface area contributed by atoms with Crippen molar-refractivity contribution in [1.29, 1.82) is 0 Å². The Kier molecular flexibility index (Phi) is 10.8. The Morgan fingerprint density at radius 2 is 1.73 bits per heavy atom. The second kappa shape index (κ2) is 15.4. The molecule has 5 N–H and O–H groups in total. The van der Waals surface area contributed by atoms with Gasteiger partial charge in [-0.3, -0.25) is 4.79 Å². The van der Waals surface area contributed by atoms with E-state index in [1.165, 1.54) is 50.9 Å². The van der Waals surface area contributed by atoms with Gasteiger partial charge < -0.3 is 44.6 Å². The Morgan fingerprint density at radius 3 is 2.46 bits per heavy atom. The lowest BCUT2D eigenvalue weighted by Crippen LogP contribution is -2.65. The zero-order valence-corrected chi connectivity index (χ0v) is 30.7. The van der Waals surface area contributed by atoms with Crippen LogP contribution in [0.4, 0.5) is 5.69 Å². The number of anilines is 1. The van der Waals surface area contributed by atoms with Crippen molar-refractivity contribution in [3.63, 3.8) is 0 Å². The van der Waals surface area contributed by atoms with Crippen LogP contribution < -0.4 is 20.1 Å². The highest BCUT2D eigenvalue weighted by molar-refractivity contribution is 5.96. The lowest BCUT2D eigenvalue weighted by Gasteiger charge is -2.53. The number of nitrogens with zero attached hydrogens (tertiary/aromatic N) is 1. The molecule has 4 heterocycles. The second-order valence-corrected chi connectivity index (χ2v) is 16.2. The maximum absolute atomic E-state index is 12.1. The Labute approximate surface area is 307 Å². The Balaban J connectivity index is 0.885. The third-order valence-corrected chi connectivity index (χ3v) is 12.3. The first-order valence-electron chi connectivity index (χ1n) is 19.2. The number of hydrogen-bond acceptors (Lipinski definition) is 8. The van der Waals surface area contributed by atoms with E-state index in [1.807, 2.05) is 56.3 Å². The number of carbonyl (C=O) groups is 1. The number of fused-ring (bicyclic) bond motifs is 4. The van der Waals surface area contributed by atoms with E-state index in [-0.39, 0.29) is 36.8 Å². The summed E-state index contributed by atoms with van der Waals surface area (Å²) in [7, 11) is 0. The second-order valence-electron chi connectivity index (χ2n) is 16.2. The summed E-state index contributed by atoms with van der Waals surface area (Å²) in [4.78, 5) is 11.7. The number of aliphatic hydroxyl groups is 2. The lowest BCUT2D eigenvalue weighted by molar-refractivity contribution is -0.946. The molecule has 0 aromatic heterocycles. The minimum absolute atomic E-state index is 0.0566. The van der Waals surface area contributed by atoms with Crippen LogP contribution >= 0.6 is 0 Å². The number of piperidine rings is 3. The number of benzene rings is 3. The number of aliphatic hydroxyl groups excluding tert-OH is 1. The van der Waals surface area contributed by atoms with Crippen LogP contribution in [-0.4, -0.2) is 84.4 Å². The zero-order valence-electron chi connectivity index (χ0n) is 30.7. The molecule has 5 aliphatic rings. The summed E-state index contributed by atoms with van der Waals surface area (Å²) < 4.78 is 19.6. The van der Waals surface area contributed by atoms with Gasteiger partial charge in [0.05, 0.1) is 44.6 Å². The standard InChI is InChI=1S/C42H55N3O7/c1-41(2,43-25-37(47)35-23-33(46)24-36-40(35)51-27-39(48)44-36)30-13-15-34(16-14-30)50-22-8-19-45-20-17-29(18-21-45)38(26-45)52-28-42(49,32-11-6-7-12-32)31-9-4-3-5-10-31/h3-5,9-10,13-16,23-24,29,32,37-38,43,47,49H,6-8,11-12,17-22,25-28H2,1-2H3,(H-,44,46,48)/p+1/t29?,37-,38-,42?,45?/m0/s1. The number of hydrogen-bond donors (Lipinski definition) is 5. The van der Waals surface area contributed by atoms with Gasteiger partial charge in [-0.15, -0.1) is 0 Å². The molecule has 280 valence electrons. The molecule has 3 saturated heterocycles. The largest absolute Gasteiger partial charge is 0.508 e. The summed E-state index contributed by atoms with van der Waals surface area (Å²) >= 11 is 0. The van der Waals surface area contributed by atoms with Crippen LogP contribution in [0.2, 0.25) is 0 Å². The monoisotopic (exact) mass is 714 g/mol. The predicted molar refractivity (Wildman–Crippen MR) is 199 cm³/mol. The normalized spacial score (nSPS) is 24.8. The van der Waals surface area contributed by atoms with E-state index in [1.54, 1.807) is 0 Å². The molecule has 3 aromatic carbocycles. The molecule has 2 bridgehead atoms. The van der Waals surface area contributed by atoms with Crippen molar-refractivity contribution in [2.45, 2.75) is 82.1 Å². The zero-order chi connectivity index (χ0) is 36.3. The van der Waals surface area contributed by atoms with E-state index in [0.717, 1.165) is 53.7 Å². The van der Waals surface area contributed by atoms with Crippen LogP contribution in [0.1, 0.15) is 81.6 Å². The van der Waals surface area contributed by atoms with Crippen molar-refractivity contribution < 1.29 is 38.8 Å². The average molecular weight is 715 g/mol. The minimum Gasteiger partial charge on any atom is -0.508 e. The van der Waals surface area contributed by atoms with Gasteiger partial charge in [-0.05, 0) is 61.9 Å². The Hall–Kier alpha value is -3.67. The molecule has 8 rings (SSSR count). The van der Waals surface area contributed by atoms with E-state index in [9.17, 15) is 20.1 Å². The number of ether oxygens (including phenoxy) is 3. The van der Waals surface area contributed by atoms with E-state index in [2.05, 4.69) is 22.8 Å². The predicted octanol–water partition coefficient (Wildman–Crippen LogP) is 5.75. The molecule has 1 unspecified atom stereocenters. The minimum atomic E-state index is -0.967. The van der Waals surface area contributed by atoms with Crippen molar-refractivity contribution in [3.8, 4) is 17.2 Å². The molecule has 1 aliphatic carbocycles. The number of aromatic hydroxyl groups is 1. The van der Waals surface area contributed by atoms with Gasteiger partial charge in [0.25, 0.3) is 5.91 Å². The van der Waals surface area contributed by atoms with Crippen molar-refractivity contribution in [2.75, 3.05) is 57.9 Å². The van der Waals surface area contributed by atoms with Crippen LogP contribution in [0.5, 0.6) is 17.2 Å². The number of nitrogens with one attached hydrogen (secondary N) is 2. The number of carbonyl (C=O) groups excluding carboxylic acids is 1. The molecule has 4 fully saturated rings. The highest BCUT2D eigenvalue weighted by Crippen LogP contribution is 2.43. The van der Waals surface area contributed by atoms with Crippen LogP contribution in [-0.2, 0) is 20.7 Å². The van der Waals surface area contributed by atoms with E-state index >= 15 is 0 Å². The fourth-order valence-electron chi connectivity index (χ4n) is 9.11. The molecule has 52 heavy (non-hydrogen) atoms. The number of phenols is 1. The highest BCUT2D eigenvalue weighted by atomic mass is 16.5. The summed E-state index contributed by atoms with van der Waals surface area (Å²) in [6, 6.07) is 21.2. The molecule has 3 atom stereocenters. The van der Waals surface area contributed by atoms with Gasteiger partial charge in [-0.1, -0.05) is 55.3 Å². The molecule has 1 amide bonds. The van der Waals surface area contributed by atoms with Gasteiger partial charge in [0.15, 0.2) is 6.61 Å². The average Bonchev–Trinajstić information content (AvgIpc) is 3.71. The third kappa shape index (κ3) is 7.96. The fourth-order valence-corrected chi connectivity index (χ4v) is 9.11. The maximum Gasteiger partial charge on any atom is 0.262 e. The molecule has 3 aromatic rings. The lowest BCUT2D eigenvalue weighted by atomic mass is 9.80. The molecule has 0 spiro atoms. The SMILES string of the molecule is CC(C)(NC[C@H](O)c1cc(O)cc2c1OCC(=O)N2)c1ccc(OCCC[N+]23CCC(CC2)[C@@H](OCC(O)(c2ccccc2)C2CCCC2)C3)cc1. The Morgan fingerprint density at radius 1 is 1.00 bits per heavy atom. The van der Waals surface area contributed by atoms with E-state index in [4.69, 9.17) is 14.2 Å². The van der Waals surface area contributed by atoms with Gasteiger partial charge >= 0.3 is 0 Å². The third-order valence-electron chi connectivity index (χ3n) is 12.3. The van der Waals surface area contributed by atoms with Crippen molar-refractivity contribution >= 4 is 11.6 Å². The maximum atomic E-state index is 12.1. The fraction of sp³-hybridized carbons (Fsp3) is 0.548. The first-order chi connectivity index (χ1) is 25.0. The van der Waals surface area contributed by atoms with Crippen LogP contribution in [0.3, 0.4) is 0 Å². The summed E-state index contributed by atoms with van der Waals surface area (Å²) in [6.07, 6.45) is 7.04. The number of quaternary nitrogens is 1. The van der Waals surface area contributed by atoms with Crippen LogP contribution in [0.25, 0.3) is 0 Å². The highest BCUT2D eigenvalue weighted by Gasteiger charge is 2.48. The topological polar surface area (TPSA) is 130 Å². The summed E-state index contributed by atoms with van der Waals surface area (Å²) in [5, 5.41) is 39.4. The molecular formula is C42H56N3O7+. The first kappa shape index (κ1) is 36.7. The van der Waals surface area contributed by atoms with Crippen molar-refractivity contribution in [1.82, 2.24) is 5.32 Å². The number of amides is 1. The van der Waals surface area contributed by atoms with Gasteiger partial charge in [0.2, 0.25) is 0 Å². The Bertz CT molecular complexity index is 1670. The molecular weight excluding hydrogens is 658 g/mol. The molecule has 4 aliphatic heterocycles. The van der Waals surface area contributed by atoms with Gasteiger partial charge in [-0.25, -0.2) is 0 Å². The van der Waals surface area contributed by atoms with Gasteiger partial charge in [-0.2, -0.15) is 0 Å². The van der Waals surface area contributed by atoms with Gasteiger partial charge in [0, 0.05) is 48.9 Å². The molecule has 10 nitrogen and oxygen atoms in total. The molecule has 0 radical (unpaired) electrons. The summed E-state index contributed by atoms with van der Waals surface area (Å²) in [5.41, 5.74) is 1.42. The smallest absolute Gasteiger partial charge is 0.262 e. The number of rotatable bonds is 15. The van der Waals surface area contributed by atoms with Crippen molar-refractivity contribution in [2.24, 2.45) is 11.8 Å². The number of phenolic OH excluding ortho intramolecular Hbond substituents is 1. The van der Waals surface area contributed by atoms with Crippen LogP contribution in [0, 0.1) is 11.8 Å². The quantitative estimate of drug-likeness (QED) is 0.0995.